The Morgan fingerprint density at radius 1 is 0.875 bits per heavy atom. The third kappa shape index (κ3) is 6.30. The van der Waals surface area contributed by atoms with Gasteiger partial charge < -0.3 is 14.0 Å². The van der Waals surface area contributed by atoms with Crippen LogP contribution in [0.3, 0.4) is 0 Å². The molecule has 0 atom stereocenters. The number of para-hydroxylation sites is 2. The number of rotatable bonds is 4. The molecule has 1 fully saturated rings. The molecule has 4 nitrogen and oxygen atoms in total. The predicted octanol–water partition coefficient (Wildman–Crippen LogP) is 11.1. The molecule has 4 heterocycles. The van der Waals surface area contributed by atoms with E-state index in [-0.39, 0.29) is 25.5 Å². The zero-order valence-electron chi connectivity index (χ0n) is 27.7. The van der Waals surface area contributed by atoms with Gasteiger partial charge in [-0.2, -0.15) is 0 Å². The van der Waals surface area contributed by atoms with Gasteiger partial charge in [-0.3, -0.25) is 4.98 Å². The molecule has 0 saturated heterocycles. The summed E-state index contributed by atoms with van der Waals surface area (Å²) in [5.74, 6) is 1.81. The minimum atomic E-state index is 0. The summed E-state index contributed by atoms with van der Waals surface area (Å²) < 4.78 is 8.51. The molecule has 5 heteroatoms. The van der Waals surface area contributed by atoms with Gasteiger partial charge in [-0.1, -0.05) is 92.6 Å². The number of aromatic nitrogens is 3. The SMILES string of the molecule is CC(C)(C)Cc1ccnc(-c2[c-]ccc3c2oc2ccccc23)c1.[Ir].[c-]1ccccc1-c1nc2cccc3c2n1CC(C1CCCC1)=C3. The Bertz CT molecular complexity index is 2250. The van der Waals surface area contributed by atoms with Crippen molar-refractivity contribution in [1.29, 1.82) is 0 Å². The summed E-state index contributed by atoms with van der Waals surface area (Å²) in [6.07, 6.45) is 10.8. The fourth-order valence-electron chi connectivity index (χ4n) is 7.41. The molecule has 2 aliphatic rings. The molecule has 7 aromatic rings. The summed E-state index contributed by atoms with van der Waals surface area (Å²) in [6, 6.07) is 37.7. The number of allylic oxidation sites excluding steroid dienone is 1. The van der Waals surface area contributed by atoms with Gasteiger partial charge in [0.25, 0.3) is 0 Å². The van der Waals surface area contributed by atoms with Crippen molar-refractivity contribution in [3.05, 3.63) is 126 Å². The Hall–Kier alpha value is -4.31. The molecule has 1 saturated carbocycles. The van der Waals surface area contributed by atoms with Crippen LogP contribution in [0.15, 0.2) is 107 Å². The number of benzene rings is 4. The van der Waals surface area contributed by atoms with Crippen molar-refractivity contribution in [2.75, 3.05) is 0 Å². The van der Waals surface area contributed by atoms with E-state index in [2.05, 4.69) is 103 Å². The normalized spacial score (nSPS) is 14.5. The number of fused-ring (bicyclic) bond motifs is 3. The molecule has 0 bridgehead atoms. The second kappa shape index (κ2) is 13.3. The fourth-order valence-corrected chi connectivity index (χ4v) is 7.41. The van der Waals surface area contributed by atoms with E-state index in [9.17, 15) is 0 Å². The minimum absolute atomic E-state index is 0. The molecule has 9 rings (SSSR count). The van der Waals surface area contributed by atoms with Gasteiger partial charge in [-0.15, -0.1) is 54.1 Å². The molecule has 243 valence electrons. The van der Waals surface area contributed by atoms with Crippen LogP contribution in [0.2, 0.25) is 0 Å². The van der Waals surface area contributed by atoms with E-state index in [1.165, 1.54) is 42.3 Å². The van der Waals surface area contributed by atoms with Crippen LogP contribution in [-0.4, -0.2) is 14.5 Å². The maximum absolute atomic E-state index is 6.11. The second-order valence-corrected chi connectivity index (χ2v) is 14.2. The predicted molar refractivity (Wildman–Crippen MR) is 193 cm³/mol. The number of hydrogen-bond donors (Lipinski definition) is 0. The van der Waals surface area contributed by atoms with Crippen LogP contribution >= 0.6 is 0 Å². The molecule has 1 aliphatic carbocycles. The average Bonchev–Trinajstić information content (AvgIpc) is 3.84. The standard InChI is InChI=1S/C22H20NO.C21H19N2.Ir/c1-22(2,3)14-15-11-12-23-19(13-15)18-9-6-8-17-16-7-4-5-10-20(16)24-21(17)18;1-2-9-16(10-3-1)21-22-19-12-6-11-17-13-18(14-23(21)20(17)19)15-7-4-5-8-15;/h4-8,10-13H,14H2,1-3H3;1-3,6,9,11-13,15H,4-5,7-8,14H2;/q2*-1;. The minimum Gasteiger partial charge on any atom is -0.501 e. The molecule has 0 unspecified atom stereocenters. The summed E-state index contributed by atoms with van der Waals surface area (Å²) in [5.41, 5.74) is 11.5. The van der Waals surface area contributed by atoms with E-state index in [4.69, 9.17) is 9.40 Å². The van der Waals surface area contributed by atoms with Crippen molar-refractivity contribution in [3.63, 3.8) is 0 Å². The third-order valence-corrected chi connectivity index (χ3v) is 9.46. The van der Waals surface area contributed by atoms with E-state index in [0.717, 1.165) is 69.0 Å². The van der Waals surface area contributed by atoms with Crippen LogP contribution in [0.25, 0.3) is 61.7 Å². The summed E-state index contributed by atoms with van der Waals surface area (Å²) in [7, 11) is 0. The van der Waals surface area contributed by atoms with Crippen molar-refractivity contribution in [2.45, 2.75) is 59.4 Å². The van der Waals surface area contributed by atoms with E-state index in [0.29, 0.717) is 0 Å². The van der Waals surface area contributed by atoms with E-state index in [1.807, 2.05) is 42.6 Å². The molecular formula is C43H39IrN3O-2. The average molecular weight is 806 g/mol. The molecule has 1 radical (unpaired) electrons. The van der Waals surface area contributed by atoms with Gasteiger partial charge in [0.1, 0.15) is 5.58 Å². The van der Waals surface area contributed by atoms with Gasteiger partial charge in [0, 0.05) is 38.2 Å². The van der Waals surface area contributed by atoms with E-state index in [1.54, 1.807) is 5.57 Å². The van der Waals surface area contributed by atoms with Crippen LogP contribution in [0.4, 0.5) is 0 Å². The van der Waals surface area contributed by atoms with Crippen molar-refractivity contribution >= 4 is 39.0 Å². The van der Waals surface area contributed by atoms with Crippen molar-refractivity contribution < 1.29 is 24.5 Å². The van der Waals surface area contributed by atoms with Gasteiger partial charge >= 0.3 is 0 Å². The Balaban J connectivity index is 0.000000149. The summed E-state index contributed by atoms with van der Waals surface area (Å²) in [4.78, 5) is 9.48. The monoisotopic (exact) mass is 806 g/mol. The van der Waals surface area contributed by atoms with E-state index >= 15 is 0 Å². The number of nitrogens with zero attached hydrogens (tertiary/aromatic N) is 3. The van der Waals surface area contributed by atoms with Crippen molar-refractivity contribution in [2.24, 2.45) is 11.3 Å². The third-order valence-electron chi connectivity index (χ3n) is 9.46. The van der Waals surface area contributed by atoms with Crippen LogP contribution in [0.5, 0.6) is 0 Å². The first-order valence-corrected chi connectivity index (χ1v) is 16.9. The smallest absolute Gasteiger partial charge is 0.120 e. The molecular weight excluding hydrogens is 767 g/mol. The number of hydrogen-bond acceptors (Lipinski definition) is 3. The fraction of sp³-hybridized carbons (Fsp3) is 0.256. The first-order chi connectivity index (χ1) is 22.9. The van der Waals surface area contributed by atoms with Crippen LogP contribution in [0, 0.1) is 23.5 Å². The maximum Gasteiger partial charge on any atom is 0.120 e. The number of pyridine rings is 1. The van der Waals surface area contributed by atoms with E-state index < -0.39 is 0 Å². The Labute approximate surface area is 296 Å². The van der Waals surface area contributed by atoms with Crippen LogP contribution in [-0.2, 0) is 33.1 Å². The molecule has 1 aliphatic heterocycles. The number of imidazole rings is 1. The molecule has 0 amide bonds. The molecule has 0 spiro atoms. The van der Waals surface area contributed by atoms with Gasteiger partial charge in [-0.25, -0.2) is 0 Å². The largest absolute Gasteiger partial charge is 0.501 e. The molecule has 3 aromatic heterocycles. The van der Waals surface area contributed by atoms with Gasteiger partial charge in [0.05, 0.1) is 22.4 Å². The quantitative estimate of drug-likeness (QED) is 0.166. The second-order valence-electron chi connectivity index (χ2n) is 14.2. The Morgan fingerprint density at radius 3 is 2.52 bits per heavy atom. The van der Waals surface area contributed by atoms with Crippen LogP contribution < -0.4 is 0 Å². The summed E-state index contributed by atoms with van der Waals surface area (Å²) in [5, 5.41) is 2.25. The van der Waals surface area contributed by atoms with Crippen LogP contribution in [0.1, 0.15) is 57.6 Å². The topological polar surface area (TPSA) is 43.9 Å². The molecule has 0 N–H and O–H groups in total. The Morgan fingerprint density at radius 2 is 1.71 bits per heavy atom. The molecule has 48 heavy (non-hydrogen) atoms. The first kappa shape index (κ1) is 32.2. The van der Waals surface area contributed by atoms with Crippen molar-refractivity contribution in [1.82, 2.24) is 14.5 Å². The van der Waals surface area contributed by atoms with Crippen molar-refractivity contribution in [3.8, 4) is 22.6 Å². The number of furan rings is 1. The Kier molecular flexibility index (Phi) is 8.94. The first-order valence-electron chi connectivity index (χ1n) is 16.9. The molecule has 4 aromatic carbocycles. The van der Waals surface area contributed by atoms with Gasteiger partial charge in [-0.05, 0) is 65.6 Å². The zero-order chi connectivity index (χ0) is 32.0. The van der Waals surface area contributed by atoms with Gasteiger partial charge in [0.2, 0.25) is 0 Å². The summed E-state index contributed by atoms with van der Waals surface area (Å²) >= 11 is 0. The zero-order valence-corrected chi connectivity index (χ0v) is 30.1. The van der Waals surface area contributed by atoms with Gasteiger partial charge in [0.15, 0.2) is 0 Å². The summed E-state index contributed by atoms with van der Waals surface area (Å²) in [6.45, 7) is 7.73. The maximum atomic E-state index is 6.11.